The molecule has 0 aliphatic carbocycles. The van der Waals surface area contributed by atoms with Gasteiger partial charge in [0.05, 0.1) is 13.7 Å². The summed E-state index contributed by atoms with van der Waals surface area (Å²) in [6.07, 6.45) is 0. The molecule has 0 heterocycles. The molecule has 0 aromatic carbocycles. The van der Waals surface area contributed by atoms with Gasteiger partial charge in [-0.1, -0.05) is 6.92 Å². The fourth-order valence-corrected chi connectivity index (χ4v) is 0.921. The first-order chi connectivity index (χ1) is 7.51. The molecule has 6 nitrogen and oxygen atoms in total. The van der Waals surface area contributed by atoms with E-state index >= 15 is 0 Å². The molecular formula is C10H20N2O4. The second-order valence-corrected chi connectivity index (χ2v) is 3.72. The van der Waals surface area contributed by atoms with Crippen molar-refractivity contribution in [2.75, 3.05) is 26.8 Å². The van der Waals surface area contributed by atoms with Gasteiger partial charge in [0.15, 0.2) is 0 Å². The van der Waals surface area contributed by atoms with Crippen molar-refractivity contribution in [1.29, 1.82) is 0 Å². The first-order valence-electron chi connectivity index (χ1n) is 5.20. The summed E-state index contributed by atoms with van der Waals surface area (Å²) in [6, 6.07) is -0.508. The maximum Gasteiger partial charge on any atom is 0.322 e. The lowest BCUT2D eigenvalue weighted by Crippen LogP contribution is -2.43. The van der Waals surface area contributed by atoms with Crippen LogP contribution in [0.3, 0.4) is 0 Å². The van der Waals surface area contributed by atoms with Gasteiger partial charge < -0.3 is 15.2 Å². The summed E-state index contributed by atoms with van der Waals surface area (Å²) in [5.74, 6) is -0.588. The molecule has 2 atom stereocenters. The zero-order valence-corrected chi connectivity index (χ0v) is 9.95. The summed E-state index contributed by atoms with van der Waals surface area (Å²) in [5.41, 5.74) is 0. The Kier molecular flexibility index (Phi) is 7.49. The van der Waals surface area contributed by atoms with Crippen molar-refractivity contribution < 1.29 is 19.4 Å². The number of ether oxygens (including phenoxy) is 1. The van der Waals surface area contributed by atoms with Crippen LogP contribution in [0.25, 0.3) is 0 Å². The Bertz CT molecular complexity index is 233. The first-order valence-corrected chi connectivity index (χ1v) is 5.20. The number of rotatable bonds is 7. The van der Waals surface area contributed by atoms with E-state index in [1.54, 1.807) is 6.92 Å². The van der Waals surface area contributed by atoms with E-state index in [0.717, 1.165) is 0 Å². The monoisotopic (exact) mass is 232 g/mol. The lowest BCUT2D eigenvalue weighted by atomic mass is 10.2. The Labute approximate surface area is 95.4 Å². The average Bonchev–Trinajstić information content (AvgIpc) is 2.31. The Balaban J connectivity index is 3.69. The number of methoxy groups -OCH3 is 1. The minimum Gasteiger partial charge on any atom is -0.468 e. The van der Waals surface area contributed by atoms with Gasteiger partial charge in [0.25, 0.3) is 0 Å². The van der Waals surface area contributed by atoms with Crippen LogP contribution in [0.15, 0.2) is 0 Å². The molecule has 0 fully saturated rings. The third kappa shape index (κ3) is 6.36. The summed E-state index contributed by atoms with van der Waals surface area (Å²) >= 11 is 0. The van der Waals surface area contributed by atoms with Gasteiger partial charge in [-0.15, -0.1) is 0 Å². The van der Waals surface area contributed by atoms with Crippen LogP contribution in [-0.4, -0.2) is 49.8 Å². The number of amides is 1. The maximum atomic E-state index is 11.3. The van der Waals surface area contributed by atoms with Gasteiger partial charge in [0, 0.05) is 13.2 Å². The molecular weight excluding hydrogens is 212 g/mol. The topological polar surface area (TPSA) is 87.7 Å². The van der Waals surface area contributed by atoms with Crippen LogP contribution in [-0.2, 0) is 14.3 Å². The Hall–Kier alpha value is -1.14. The third-order valence-electron chi connectivity index (χ3n) is 2.08. The Morgan fingerprint density at radius 1 is 1.38 bits per heavy atom. The van der Waals surface area contributed by atoms with Crippen LogP contribution in [0, 0.1) is 5.92 Å². The second kappa shape index (κ2) is 8.06. The molecule has 0 spiro atoms. The number of hydrogen-bond donors (Lipinski definition) is 3. The number of nitrogens with one attached hydrogen (secondary N) is 2. The molecule has 94 valence electrons. The summed E-state index contributed by atoms with van der Waals surface area (Å²) < 4.78 is 4.49. The van der Waals surface area contributed by atoms with E-state index in [1.165, 1.54) is 7.11 Å². The molecule has 1 amide bonds. The van der Waals surface area contributed by atoms with E-state index in [2.05, 4.69) is 15.4 Å². The first kappa shape index (κ1) is 14.9. The van der Waals surface area contributed by atoms with Gasteiger partial charge in [-0.3, -0.25) is 14.9 Å². The molecule has 2 unspecified atom stereocenters. The number of carbonyl (C=O) groups is 2. The maximum absolute atomic E-state index is 11.3. The SMILES string of the molecule is COC(=O)C(C)NCC(=O)NCC(C)CO. The molecule has 0 aliphatic rings. The van der Waals surface area contributed by atoms with Crippen molar-refractivity contribution in [1.82, 2.24) is 10.6 Å². The highest BCUT2D eigenvalue weighted by atomic mass is 16.5. The van der Waals surface area contributed by atoms with Crippen LogP contribution < -0.4 is 10.6 Å². The number of aliphatic hydroxyl groups is 1. The summed E-state index contributed by atoms with van der Waals surface area (Å²) in [6.45, 7) is 3.95. The summed E-state index contributed by atoms with van der Waals surface area (Å²) in [5, 5.41) is 14.1. The molecule has 16 heavy (non-hydrogen) atoms. The zero-order chi connectivity index (χ0) is 12.6. The third-order valence-corrected chi connectivity index (χ3v) is 2.08. The van der Waals surface area contributed by atoms with E-state index in [1.807, 2.05) is 6.92 Å². The van der Waals surface area contributed by atoms with Crippen molar-refractivity contribution in [3.8, 4) is 0 Å². The number of esters is 1. The standard InChI is InChI=1S/C10H20N2O4/c1-7(6-13)4-12-9(14)5-11-8(2)10(15)16-3/h7-8,11,13H,4-6H2,1-3H3,(H,12,14). The van der Waals surface area contributed by atoms with Crippen molar-refractivity contribution >= 4 is 11.9 Å². The van der Waals surface area contributed by atoms with Gasteiger partial charge >= 0.3 is 5.97 Å². The smallest absolute Gasteiger partial charge is 0.322 e. The minimum atomic E-state index is -0.508. The molecule has 0 bridgehead atoms. The number of carbonyl (C=O) groups excluding carboxylic acids is 2. The lowest BCUT2D eigenvalue weighted by molar-refractivity contribution is -0.142. The van der Waals surface area contributed by atoms with Crippen molar-refractivity contribution in [3.63, 3.8) is 0 Å². The molecule has 0 aromatic heterocycles. The second-order valence-electron chi connectivity index (χ2n) is 3.72. The minimum absolute atomic E-state index is 0.0296. The number of aliphatic hydroxyl groups excluding tert-OH is 1. The molecule has 3 N–H and O–H groups in total. The predicted octanol–water partition coefficient (Wildman–Crippen LogP) is -1.12. The average molecular weight is 232 g/mol. The van der Waals surface area contributed by atoms with E-state index in [9.17, 15) is 9.59 Å². The van der Waals surface area contributed by atoms with Crippen LogP contribution in [0.4, 0.5) is 0 Å². The molecule has 0 rings (SSSR count). The fourth-order valence-electron chi connectivity index (χ4n) is 0.921. The normalized spacial score (nSPS) is 14.0. The Morgan fingerprint density at radius 2 is 2.00 bits per heavy atom. The van der Waals surface area contributed by atoms with Gasteiger partial charge in [0.2, 0.25) is 5.91 Å². The van der Waals surface area contributed by atoms with Crippen molar-refractivity contribution in [3.05, 3.63) is 0 Å². The molecule has 0 saturated carbocycles. The largest absolute Gasteiger partial charge is 0.468 e. The van der Waals surface area contributed by atoms with E-state index < -0.39 is 12.0 Å². The highest BCUT2D eigenvalue weighted by Gasteiger charge is 2.13. The van der Waals surface area contributed by atoms with E-state index in [-0.39, 0.29) is 25.0 Å². The van der Waals surface area contributed by atoms with E-state index in [0.29, 0.717) is 6.54 Å². The fraction of sp³-hybridized carbons (Fsp3) is 0.800. The molecule has 6 heteroatoms. The zero-order valence-electron chi connectivity index (χ0n) is 9.95. The van der Waals surface area contributed by atoms with Crippen LogP contribution in [0.5, 0.6) is 0 Å². The molecule has 0 radical (unpaired) electrons. The van der Waals surface area contributed by atoms with Gasteiger partial charge in [-0.2, -0.15) is 0 Å². The predicted molar refractivity (Wildman–Crippen MR) is 58.7 cm³/mol. The lowest BCUT2D eigenvalue weighted by Gasteiger charge is -2.12. The van der Waals surface area contributed by atoms with Crippen LogP contribution in [0.1, 0.15) is 13.8 Å². The quantitative estimate of drug-likeness (QED) is 0.484. The van der Waals surface area contributed by atoms with Gasteiger partial charge in [0.1, 0.15) is 6.04 Å². The van der Waals surface area contributed by atoms with Crippen LogP contribution in [0.2, 0.25) is 0 Å². The number of hydrogen-bond acceptors (Lipinski definition) is 5. The van der Waals surface area contributed by atoms with Crippen molar-refractivity contribution in [2.45, 2.75) is 19.9 Å². The molecule has 0 saturated heterocycles. The summed E-state index contributed by atoms with van der Waals surface area (Å²) in [7, 11) is 1.30. The van der Waals surface area contributed by atoms with E-state index in [4.69, 9.17) is 5.11 Å². The van der Waals surface area contributed by atoms with Gasteiger partial charge in [-0.25, -0.2) is 0 Å². The molecule has 0 aliphatic heterocycles. The van der Waals surface area contributed by atoms with Gasteiger partial charge in [-0.05, 0) is 12.8 Å². The molecule has 0 aromatic rings. The highest BCUT2D eigenvalue weighted by Crippen LogP contribution is 1.88. The van der Waals surface area contributed by atoms with Crippen molar-refractivity contribution in [2.24, 2.45) is 5.92 Å². The summed E-state index contributed by atoms with van der Waals surface area (Å²) in [4.78, 5) is 22.3. The highest BCUT2D eigenvalue weighted by molar-refractivity contribution is 5.80. The Morgan fingerprint density at radius 3 is 2.50 bits per heavy atom. The van der Waals surface area contributed by atoms with Crippen LogP contribution >= 0.6 is 0 Å².